The molecule has 6 nitrogen and oxygen atoms in total. The second kappa shape index (κ2) is 7.53. The third-order valence-corrected chi connectivity index (χ3v) is 4.19. The van der Waals surface area contributed by atoms with E-state index in [1.165, 1.54) is 12.1 Å². The average Bonchev–Trinajstić information content (AvgIpc) is 2.99. The van der Waals surface area contributed by atoms with E-state index in [1.54, 1.807) is 19.1 Å². The smallest absolute Gasteiger partial charge is 0.230 e. The van der Waals surface area contributed by atoms with Gasteiger partial charge in [-0.05, 0) is 24.1 Å². The summed E-state index contributed by atoms with van der Waals surface area (Å²) in [5.41, 5.74) is 0.982. The van der Waals surface area contributed by atoms with Crippen LogP contribution in [0.5, 0.6) is 0 Å². The fourth-order valence-corrected chi connectivity index (χ4v) is 2.81. The number of piperazine rings is 1. The summed E-state index contributed by atoms with van der Waals surface area (Å²) < 4.78 is 18.3. The van der Waals surface area contributed by atoms with Crippen LogP contribution in [0, 0.1) is 12.7 Å². The Morgan fingerprint density at radius 3 is 2.50 bits per heavy atom. The van der Waals surface area contributed by atoms with E-state index in [9.17, 15) is 9.18 Å². The largest absolute Gasteiger partial charge is 0.424 e. The highest BCUT2D eigenvalue weighted by molar-refractivity contribution is 5.76. The van der Waals surface area contributed by atoms with E-state index in [0.29, 0.717) is 44.3 Å². The molecule has 0 spiro atoms. The third-order valence-electron chi connectivity index (χ3n) is 4.19. The van der Waals surface area contributed by atoms with Crippen LogP contribution in [-0.4, -0.2) is 52.1 Å². The Kier molecular flexibility index (Phi) is 5.20. The van der Waals surface area contributed by atoms with Crippen molar-refractivity contribution in [1.29, 1.82) is 0 Å². The van der Waals surface area contributed by atoms with Gasteiger partial charge in [0.15, 0.2) is 0 Å². The molecule has 1 aliphatic rings. The fraction of sp³-hybridized carbons (Fsp3) is 0.471. The van der Waals surface area contributed by atoms with Crippen molar-refractivity contribution in [1.82, 2.24) is 20.0 Å². The third kappa shape index (κ3) is 4.38. The van der Waals surface area contributed by atoms with Crippen LogP contribution in [0.15, 0.2) is 28.7 Å². The predicted octanol–water partition coefficient (Wildman–Crippen LogP) is 1.79. The molecule has 1 amide bonds. The maximum Gasteiger partial charge on any atom is 0.230 e. The maximum absolute atomic E-state index is 12.9. The Hall–Kier alpha value is -2.28. The highest BCUT2D eigenvalue weighted by Gasteiger charge is 2.22. The van der Waals surface area contributed by atoms with Crippen LogP contribution in [0.3, 0.4) is 0 Å². The molecule has 128 valence electrons. The average molecular weight is 332 g/mol. The molecule has 0 aliphatic carbocycles. The van der Waals surface area contributed by atoms with Crippen molar-refractivity contribution in [3.63, 3.8) is 0 Å². The number of hydrogen-bond acceptors (Lipinski definition) is 5. The van der Waals surface area contributed by atoms with Crippen LogP contribution in [0.4, 0.5) is 4.39 Å². The second-order valence-electron chi connectivity index (χ2n) is 6.00. The topological polar surface area (TPSA) is 62.5 Å². The summed E-state index contributed by atoms with van der Waals surface area (Å²) in [6.45, 7) is 5.39. The van der Waals surface area contributed by atoms with Crippen LogP contribution >= 0.6 is 0 Å². The summed E-state index contributed by atoms with van der Waals surface area (Å²) in [5.74, 6) is 1.08. The number of aryl methyl sites for hydroxylation is 2. The first kappa shape index (κ1) is 16.6. The summed E-state index contributed by atoms with van der Waals surface area (Å²) >= 11 is 0. The van der Waals surface area contributed by atoms with E-state index < -0.39 is 0 Å². The van der Waals surface area contributed by atoms with Gasteiger partial charge in [0.25, 0.3) is 0 Å². The molecule has 1 aliphatic heterocycles. The van der Waals surface area contributed by atoms with Crippen LogP contribution in [0.25, 0.3) is 0 Å². The van der Waals surface area contributed by atoms with E-state index in [0.717, 1.165) is 18.7 Å². The minimum Gasteiger partial charge on any atom is -0.424 e. The van der Waals surface area contributed by atoms with Crippen molar-refractivity contribution >= 4 is 5.91 Å². The fourth-order valence-electron chi connectivity index (χ4n) is 2.81. The van der Waals surface area contributed by atoms with Crippen molar-refractivity contribution in [2.45, 2.75) is 26.3 Å². The molecule has 0 atom stereocenters. The Morgan fingerprint density at radius 2 is 1.88 bits per heavy atom. The molecule has 1 aromatic carbocycles. The lowest BCUT2D eigenvalue weighted by Crippen LogP contribution is -2.48. The van der Waals surface area contributed by atoms with E-state index in [1.807, 2.05) is 4.90 Å². The van der Waals surface area contributed by atoms with Crippen LogP contribution in [0.1, 0.15) is 23.8 Å². The molecule has 0 saturated carbocycles. The Balaban J connectivity index is 1.42. The molecule has 1 saturated heterocycles. The van der Waals surface area contributed by atoms with Gasteiger partial charge in [-0.2, -0.15) is 0 Å². The van der Waals surface area contributed by atoms with Gasteiger partial charge in [0.1, 0.15) is 5.82 Å². The van der Waals surface area contributed by atoms with Crippen molar-refractivity contribution in [2.75, 3.05) is 26.2 Å². The Bertz CT molecular complexity index is 678. The first-order chi connectivity index (χ1) is 11.6. The number of halogens is 1. The number of carbonyl (C=O) groups excluding carboxylic acids is 1. The number of aromatic nitrogens is 2. The molecule has 1 aromatic heterocycles. The molecule has 7 heteroatoms. The highest BCUT2D eigenvalue weighted by atomic mass is 19.1. The lowest BCUT2D eigenvalue weighted by Gasteiger charge is -2.34. The standard InChI is InChI=1S/C17H21FN4O2/c1-13-19-20-16(24-13)12-21-8-10-22(11-9-21)17(23)7-4-14-2-5-15(18)6-3-14/h2-3,5-6H,4,7-12H2,1H3. The Morgan fingerprint density at radius 1 is 1.17 bits per heavy atom. The first-order valence-corrected chi connectivity index (χ1v) is 8.14. The quantitative estimate of drug-likeness (QED) is 0.835. The van der Waals surface area contributed by atoms with E-state index >= 15 is 0 Å². The minimum absolute atomic E-state index is 0.146. The zero-order valence-electron chi connectivity index (χ0n) is 13.7. The molecule has 2 aromatic rings. The molecule has 1 fully saturated rings. The summed E-state index contributed by atoms with van der Waals surface area (Å²) in [7, 11) is 0. The highest BCUT2D eigenvalue weighted by Crippen LogP contribution is 2.11. The number of amides is 1. The van der Waals surface area contributed by atoms with E-state index in [-0.39, 0.29) is 11.7 Å². The van der Waals surface area contributed by atoms with Crippen LogP contribution < -0.4 is 0 Å². The lowest BCUT2D eigenvalue weighted by molar-refractivity contribution is -0.133. The van der Waals surface area contributed by atoms with Gasteiger partial charge in [-0.3, -0.25) is 9.69 Å². The monoisotopic (exact) mass is 332 g/mol. The summed E-state index contributed by atoms with van der Waals surface area (Å²) in [4.78, 5) is 16.4. The Labute approximate surface area is 140 Å². The molecule has 0 unspecified atom stereocenters. The van der Waals surface area contributed by atoms with Gasteiger partial charge >= 0.3 is 0 Å². The summed E-state index contributed by atoms with van der Waals surface area (Å²) in [6, 6.07) is 6.31. The maximum atomic E-state index is 12.9. The number of rotatable bonds is 5. The second-order valence-corrected chi connectivity index (χ2v) is 6.00. The molecule has 2 heterocycles. The molecular weight excluding hydrogens is 311 g/mol. The molecule has 0 N–H and O–H groups in total. The van der Waals surface area contributed by atoms with Crippen molar-refractivity contribution in [3.05, 3.63) is 47.4 Å². The SMILES string of the molecule is Cc1nnc(CN2CCN(C(=O)CCc3ccc(F)cc3)CC2)o1. The molecule has 24 heavy (non-hydrogen) atoms. The van der Waals surface area contributed by atoms with Gasteiger partial charge in [-0.25, -0.2) is 4.39 Å². The van der Waals surface area contributed by atoms with E-state index in [4.69, 9.17) is 4.42 Å². The molecule has 0 bridgehead atoms. The summed E-state index contributed by atoms with van der Waals surface area (Å²) in [6.07, 6.45) is 1.09. The molecule has 0 radical (unpaired) electrons. The van der Waals surface area contributed by atoms with Gasteiger partial charge in [0.05, 0.1) is 6.54 Å². The van der Waals surface area contributed by atoms with Gasteiger partial charge in [-0.1, -0.05) is 12.1 Å². The van der Waals surface area contributed by atoms with Crippen molar-refractivity contribution < 1.29 is 13.6 Å². The summed E-state index contributed by atoms with van der Waals surface area (Å²) in [5, 5.41) is 7.82. The predicted molar refractivity (Wildman–Crippen MR) is 85.6 cm³/mol. The lowest BCUT2D eigenvalue weighted by atomic mass is 10.1. The van der Waals surface area contributed by atoms with Gasteiger partial charge in [-0.15, -0.1) is 10.2 Å². The first-order valence-electron chi connectivity index (χ1n) is 8.14. The van der Waals surface area contributed by atoms with Crippen LogP contribution in [0.2, 0.25) is 0 Å². The van der Waals surface area contributed by atoms with Gasteiger partial charge < -0.3 is 9.32 Å². The van der Waals surface area contributed by atoms with Gasteiger partial charge in [0.2, 0.25) is 17.7 Å². The molecule has 3 rings (SSSR count). The zero-order valence-corrected chi connectivity index (χ0v) is 13.7. The number of hydrogen-bond donors (Lipinski definition) is 0. The van der Waals surface area contributed by atoms with Gasteiger partial charge in [0, 0.05) is 39.5 Å². The van der Waals surface area contributed by atoms with Crippen molar-refractivity contribution in [3.8, 4) is 0 Å². The van der Waals surface area contributed by atoms with Crippen molar-refractivity contribution in [2.24, 2.45) is 0 Å². The minimum atomic E-state index is -0.252. The number of nitrogens with zero attached hydrogens (tertiary/aromatic N) is 4. The van der Waals surface area contributed by atoms with E-state index in [2.05, 4.69) is 15.1 Å². The normalized spacial score (nSPS) is 15.7. The zero-order chi connectivity index (χ0) is 16.9. The van der Waals surface area contributed by atoms with Crippen LogP contribution in [-0.2, 0) is 17.8 Å². The molecular formula is C17H21FN4O2. The number of carbonyl (C=O) groups is 1. The number of benzene rings is 1.